The molecule has 1 rings (SSSR count). The molecule has 1 N–H and O–H groups in total. The number of aryl methyl sites for hydroxylation is 1. The maximum atomic E-state index is 8.87. The smallest absolute Gasteiger partial charge is 0.121 e. The Labute approximate surface area is 91.4 Å². The topological polar surface area (TPSA) is 35.8 Å². The fraction of sp³-hybridized carbons (Fsp3) is 0.364. The molecule has 76 valence electrons. The summed E-state index contributed by atoms with van der Waals surface area (Å²) in [5.41, 5.74) is 2.26. The zero-order valence-electron chi connectivity index (χ0n) is 8.45. The van der Waals surface area contributed by atoms with E-state index in [9.17, 15) is 0 Å². The lowest BCUT2D eigenvalue weighted by molar-refractivity contribution is 0.658. The number of nitriles is 1. The molecule has 0 bridgehead atoms. The van der Waals surface area contributed by atoms with Gasteiger partial charge in [0.15, 0.2) is 0 Å². The predicted molar refractivity (Wildman–Crippen MR) is 60.5 cm³/mol. The molecule has 3 heteroatoms. The minimum Gasteiger partial charge on any atom is -0.298 e. The SMILES string of the molecule is CCNC(C#N)c1ccc(C)cc1.Cl. The summed E-state index contributed by atoms with van der Waals surface area (Å²) in [5, 5.41) is 12.0. The normalized spacial score (nSPS) is 11.2. The van der Waals surface area contributed by atoms with Crippen LogP contribution in [0.4, 0.5) is 0 Å². The number of hydrogen-bond acceptors (Lipinski definition) is 2. The fourth-order valence-electron chi connectivity index (χ4n) is 1.20. The van der Waals surface area contributed by atoms with Crippen LogP contribution in [0.25, 0.3) is 0 Å². The van der Waals surface area contributed by atoms with Crippen LogP contribution in [0, 0.1) is 18.3 Å². The van der Waals surface area contributed by atoms with E-state index >= 15 is 0 Å². The predicted octanol–water partition coefficient (Wildman–Crippen LogP) is 2.59. The molecule has 2 nitrogen and oxygen atoms in total. The first-order valence-electron chi connectivity index (χ1n) is 4.47. The number of nitrogens with zero attached hydrogens (tertiary/aromatic N) is 1. The van der Waals surface area contributed by atoms with Crippen molar-refractivity contribution in [3.63, 3.8) is 0 Å². The van der Waals surface area contributed by atoms with Crippen LogP contribution < -0.4 is 5.32 Å². The van der Waals surface area contributed by atoms with Gasteiger partial charge in [-0.15, -0.1) is 12.4 Å². The highest BCUT2D eigenvalue weighted by molar-refractivity contribution is 5.85. The van der Waals surface area contributed by atoms with Crippen LogP contribution >= 0.6 is 12.4 Å². The molecule has 0 saturated carbocycles. The molecule has 0 spiro atoms. The molecule has 0 aliphatic carbocycles. The van der Waals surface area contributed by atoms with Crippen molar-refractivity contribution >= 4 is 12.4 Å². The standard InChI is InChI=1S/C11H14N2.ClH/c1-3-13-11(8-12)10-6-4-9(2)5-7-10;/h4-7,11,13H,3H2,1-2H3;1H. The van der Waals surface area contributed by atoms with E-state index in [1.807, 2.05) is 38.1 Å². The number of hydrogen-bond donors (Lipinski definition) is 1. The average molecular weight is 211 g/mol. The van der Waals surface area contributed by atoms with Gasteiger partial charge in [-0.25, -0.2) is 0 Å². The quantitative estimate of drug-likeness (QED) is 0.833. The monoisotopic (exact) mass is 210 g/mol. The Balaban J connectivity index is 0.00000169. The second-order valence-corrected chi connectivity index (χ2v) is 3.03. The van der Waals surface area contributed by atoms with Crippen molar-refractivity contribution in [1.82, 2.24) is 5.32 Å². The number of nitrogens with one attached hydrogen (secondary N) is 1. The van der Waals surface area contributed by atoms with Crippen molar-refractivity contribution < 1.29 is 0 Å². The lowest BCUT2D eigenvalue weighted by Gasteiger charge is -2.09. The van der Waals surface area contributed by atoms with Gasteiger partial charge in [0, 0.05) is 0 Å². The van der Waals surface area contributed by atoms with E-state index in [0.717, 1.165) is 12.1 Å². The minimum atomic E-state index is -0.175. The molecule has 0 saturated heterocycles. The van der Waals surface area contributed by atoms with Crippen molar-refractivity contribution in [3.8, 4) is 6.07 Å². The van der Waals surface area contributed by atoms with Crippen LogP contribution in [0.3, 0.4) is 0 Å². The molecule has 1 atom stereocenters. The average Bonchev–Trinajstić information content (AvgIpc) is 2.16. The minimum absolute atomic E-state index is 0. The fourth-order valence-corrected chi connectivity index (χ4v) is 1.20. The third-order valence-electron chi connectivity index (χ3n) is 1.95. The van der Waals surface area contributed by atoms with E-state index in [0.29, 0.717) is 0 Å². The van der Waals surface area contributed by atoms with E-state index in [1.165, 1.54) is 5.56 Å². The van der Waals surface area contributed by atoms with Gasteiger partial charge in [-0.05, 0) is 19.0 Å². The van der Waals surface area contributed by atoms with Gasteiger partial charge in [-0.1, -0.05) is 36.8 Å². The summed E-state index contributed by atoms with van der Waals surface area (Å²) in [6.07, 6.45) is 0. The number of halogens is 1. The van der Waals surface area contributed by atoms with E-state index < -0.39 is 0 Å². The van der Waals surface area contributed by atoms with Gasteiger partial charge in [0.2, 0.25) is 0 Å². The Hall–Kier alpha value is -1.04. The van der Waals surface area contributed by atoms with Crippen LogP contribution in [-0.4, -0.2) is 6.54 Å². The Bertz CT molecular complexity index is 300. The molecule has 0 heterocycles. The van der Waals surface area contributed by atoms with Gasteiger partial charge in [0.1, 0.15) is 6.04 Å². The molecule has 0 amide bonds. The summed E-state index contributed by atoms with van der Waals surface area (Å²) in [6, 6.07) is 10.1. The summed E-state index contributed by atoms with van der Waals surface area (Å²) in [4.78, 5) is 0. The van der Waals surface area contributed by atoms with E-state index in [-0.39, 0.29) is 18.4 Å². The van der Waals surface area contributed by atoms with Crippen molar-refractivity contribution in [2.75, 3.05) is 6.54 Å². The highest BCUT2D eigenvalue weighted by atomic mass is 35.5. The van der Waals surface area contributed by atoms with Crippen LogP contribution in [0.15, 0.2) is 24.3 Å². The summed E-state index contributed by atoms with van der Waals surface area (Å²) in [5.74, 6) is 0. The third-order valence-corrected chi connectivity index (χ3v) is 1.95. The van der Waals surface area contributed by atoms with E-state index in [1.54, 1.807) is 0 Å². The van der Waals surface area contributed by atoms with Crippen LogP contribution in [-0.2, 0) is 0 Å². The van der Waals surface area contributed by atoms with Gasteiger partial charge < -0.3 is 0 Å². The molecule has 1 aromatic carbocycles. The summed E-state index contributed by atoms with van der Waals surface area (Å²) in [6.45, 7) is 4.85. The van der Waals surface area contributed by atoms with Crippen molar-refractivity contribution in [3.05, 3.63) is 35.4 Å². The molecule has 0 aromatic heterocycles. The number of benzene rings is 1. The second kappa shape index (κ2) is 6.42. The molecule has 1 aromatic rings. The van der Waals surface area contributed by atoms with Gasteiger partial charge >= 0.3 is 0 Å². The molecule has 0 aliphatic heterocycles. The first-order valence-corrected chi connectivity index (χ1v) is 4.47. The van der Waals surface area contributed by atoms with Gasteiger partial charge in [-0.2, -0.15) is 5.26 Å². The molecule has 0 fully saturated rings. The third kappa shape index (κ3) is 3.37. The maximum absolute atomic E-state index is 8.87. The van der Waals surface area contributed by atoms with Crippen LogP contribution in [0.1, 0.15) is 24.1 Å². The van der Waals surface area contributed by atoms with E-state index in [2.05, 4.69) is 11.4 Å². The Morgan fingerprint density at radius 2 is 1.93 bits per heavy atom. The van der Waals surface area contributed by atoms with Gasteiger partial charge in [0.25, 0.3) is 0 Å². The second-order valence-electron chi connectivity index (χ2n) is 3.03. The molecular weight excluding hydrogens is 196 g/mol. The zero-order valence-corrected chi connectivity index (χ0v) is 9.27. The number of rotatable bonds is 3. The molecular formula is C11H15ClN2. The summed E-state index contributed by atoms with van der Waals surface area (Å²) >= 11 is 0. The first-order chi connectivity index (χ1) is 6.27. The summed E-state index contributed by atoms with van der Waals surface area (Å²) in [7, 11) is 0. The van der Waals surface area contributed by atoms with Gasteiger partial charge in [-0.3, -0.25) is 5.32 Å². The highest BCUT2D eigenvalue weighted by Crippen LogP contribution is 2.12. The van der Waals surface area contributed by atoms with Crippen molar-refractivity contribution in [2.45, 2.75) is 19.9 Å². The summed E-state index contributed by atoms with van der Waals surface area (Å²) < 4.78 is 0. The Morgan fingerprint density at radius 1 is 1.36 bits per heavy atom. The van der Waals surface area contributed by atoms with Crippen LogP contribution in [0.2, 0.25) is 0 Å². The maximum Gasteiger partial charge on any atom is 0.121 e. The molecule has 1 unspecified atom stereocenters. The van der Waals surface area contributed by atoms with Gasteiger partial charge in [0.05, 0.1) is 6.07 Å². The van der Waals surface area contributed by atoms with Crippen molar-refractivity contribution in [1.29, 1.82) is 5.26 Å². The largest absolute Gasteiger partial charge is 0.298 e. The molecule has 0 radical (unpaired) electrons. The first kappa shape index (κ1) is 13.0. The Morgan fingerprint density at radius 3 is 2.36 bits per heavy atom. The van der Waals surface area contributed by atoms with Crippen LogP contribution in [0.5, 0.6) is 0 Å². The molecule has 14 heavy (non-hydrogen) atoms. The highest BCUT2D eigenvalue weighted by Gasteiger charge is 2.06. The molecule has 0 aliphatic rings. The van der Waals surface area contributed by atoms with Crippen molar-refractivity contribution in [2.24, 2.45) is 0 Å². The van der Waals surface area contributed by atoms with E-state index in [4.69, 9.17) is 5.26 Å². The lowest BCUT2D eigenvalue weighted by Crippen LogP contribution is -2.18. The zero-order chi connectivity index (χ0) is 9.68. The Kier molecular flexibility index (Phi) is 5.94. The lowest BCUT2D eigenvalue weighted by atomic mass is 10.1.